The lowest BCUT2D eigenvalue weighted by atomic mass is 10.00. The molecule has 0 aliphatic rings. The van der Waals surface area contributed by atoms with Crippen LogP contribution >= 0.6 is 0 Å². The maximum Gasteiger partial charge on any atom is 0.0923 e. The number of fused-ring (bicyclic) bond motifs is 1. The van der Waals surface area contributed by atoms with Crippen LogP contribution in [0.25, 0.3) is 10.8 Å². The van der Waals surface area contributed by atoms with E-state index in [1.54, 1.807) is 7.11 Å². The molecule has 2 atom stereocenters. The Morgan fingerprint density at radius 2 is 1.86 bits per heavy atom. The molecule has 2 rings (SSSR count). The van der Waals surface area contributed by atoms with Gasteiger partial charge in [0.15, 0.2) is 0 Å². The van der Waals surface area contributed by atoms with Gasteiger partial charge in [0.2, 0.25) is 0 Å². The van der Waals surface area contributed by atoms with E-state index in [2.05, 4.69) is 36.9 Å². The topological polar surface area (TPSA) is 32.7 Å². The third-order valence-corrected chi connectivity index (χ3v) is 4.03. The van der Waals surface area contributed by atoms with Gasteiger partial charge in [-0.15, -0.1) is 0 Å². The molecule has 0 radical (unpaired) electrons. The Labute approximate surface area is 127 Å². The first kappa shape index (κ1) is 16.0. The highest BCUT2D eigenvalue weighted by molar-refractivity contribution is 5.85. The fourth-order valence-electron chi connectivity index (χ4n) is 2.83. The molecule has 2 aromatic carbocycles. The predicted octanol–water partition coefficient (Wildman–Crippen LogP) is 3.23. The Hall–Kier alpha value is -1.42. The molecule has 1 N–H and O–H groups in total. The van der Waals surface area contributed by atoms with Crippen LogP contribution in [-0.4, -0.2) is 42.9 Å². The molecule has 0 amide bonds. The van der Waals surface area contributed by atoms with Crippen molar-refractivity contribution in [2.75, 3.05) is 26.8 Å². The largest absolute Gasteiger partial charge is 0.387 e. The van der Waals surface area contributed by atoms with Crippen molar-refractivity contribution < 1.29 is 9.84 Å². The summed E-state index contributed by atoms with van der Waals surface area (Å²) in [6.45, 7) is 6.43. The van der Waals surface area contributed by atoms with Crippen molar-refractivity contribution in [3.63, 3.8) is 0 Å². The van der Waals surface area contributed by atoms with E-state index in [9.17, 15) is 5.11 Å². The molecule has 0 saturated carbocycles. The van der Waals surface area contributed by atoms with Crippen molar-refractivity contribution in [1.82, 2.24) is 4.90 Å². The highest BCUT2D eigenvalue weighted by atomic mass is 16.5. The molecule has 0 bridgehead atoms. The average Bonchev–Trinajstić information content (AvgIpc) is 2.52. The maximum atomic E-state index is 10.7. The Morgan fingerprint density at radius 3 is 2.57 bits per heavy atom. The second-order valence-electron chi connectivity index (χ2n) is 5.48. The minimum atomic E-state index is -0.490. The molecule has 2 aromatic rings. The number of nitrogens with zero attached hydrogens (tertiary/aromatic N) is 1. The number of ether oxygens (including phenoxy) is 1. The van der Waals surface area contributed by atoms with Gasteiger partial charge in [0.25, 0.3) is 0 Å². The number of methoxy groups -OCH3 is 1. The number of hydrogen-bond acceptors (Lipinski definition) is 3. The number of hydrogen-bond donors (Lipinski definition) is 1. The van der Waals surface area contributed by atoms with Gasteiger partial charge in [0.1, 0.15) is 0 Å². The average molecular weight is 287 g/mol. The minimum absolute atomic E-state index is 0.296. The van der Waals surface area contributed by atoms with Crippen LogP contribution in [-0.2, 0) is 4.74 Å². The van der Waals surface area contributed by atoms with Gasteiger partial charge in [0.05, 0.1) is 12.7 Å². The molecule has 3 heteroatoms. The smallest absolute Gasteiger partial charge is 0.0923 e. The number of benzene rings is 2. The Balaban J connectivity index is 2.19. The van der Waals surface area contributed by atoms with E-state index >= 15 is 0 Å². The van der Waals surface area contributed by atoms with Crippen LogP contribution in [0.2, 0.25) is 0 Å². The highest BCUT2D eigenvalue weighted by Gasteiger charge is 2.18. The van der Waals surface area contributed by atoms with Crippen molar-refractivity contribution in [2.24, 2.45) is 0 Å². The number of aliphatic hydroxyl groups is 1. The molecule has 3 nitrogen and oxygen atoms in total. The van der Waals surface area contributed by atoms with Gasteiger partial charge in [-0.25, -0.2) is 0 Å². The standard InChI is InChI=1S/C18H25NO2/c1-4-19(14(2)13-21-3)12-18(20)17-11-7-9-15-8-5-6-10-16(15)17/h5-11,14,18,20H,4,12-13H2,1-3H3. The first-order chi connectivity index (χ1) is 10.2. The van der Waals surface area contributed by atoms with Gasteiger partial charge in [0, 0.05) is 19.7 Å². The monoisotopic (exact) mass is 287 g/mol. The summed E-state index contributed by atoms with van der Waals surface area (Å²) in [5.41, 5.74) is 0.996. The molecule has 21 heavy (non-hydrogen) atoms. The SMILES string of the molecule is CCN(CC(O)c1cccc2ccccc12)C(C)COC. The number of likely N-dealkylation sites (N-methyl/N-ethyl adjacent to an activating group) is 1. The van der Waals surface area contributed by atoms with Gasteiger partial charge in [-0.2, -0.15) is 0 Å². The van der Waals surface area contributed by atoms with Gasteiger partial charge >= 0.3 is 0 Å². The quantitative estimate of drug-likeness (QED) is 0.848. The molecule has 2 unspecified atom stereocenters. The first-order valence-corrected chi connectivity index (χ1v) is 7.56. The summed E-state index contributed by atoms with van der Waals surface area (Å²) in [6.07, 6.45) is -0.490. The third kappa shape index (κ3) is 3.82. The summed E-state index contributed by atoms with van der Waals surface area (Å²) in [4.78, 5) is 2.25. The molecule has 0 aromatic heterocycles. The second-order valence-corrected chi connectivity index (χ2v) is 5.48. The van der Waals surface area contributed by atoms with E-state index in [1.807, 2.05) is 24.3 Å². The van der Waals surface area contributed by atoms with Crippen molar-refractivity contribution >= 4 is 10.8 Å². The van der Waals surface area contributed by atoms with Crippen molar-refractivity contribution in [2.45, 2.75) is 26.0 Å². The fourth-order valence-corrected chi connectivity index (χ4v) is 2.83. The molecule has 114 valence electrons. The van der Waals surface area contributed by atoms with Crippen molar-refractivity contribution in [3.05, 3.63) is 48.0 Å². The van der Waals surface area contributed by atoms with Crippen molar-refractivity contribution in [1.29, 1.82) is 0 Å². The van der Waals surface area contributed by atoms with Gasteiger partial charge in [-0.1, -0.05) is 49.4 Å². The summed E-state index contributed by atoms with van der Waals surface area (Å²) < 4.78 is 5.22. The Bertz CT molecular complexity index is 565. The van der Waals surface area contributed by atoms with Crippen molar-refractivity contribution in [3.8, 4) is 0 Å². The molecule has 0 aliphatic heterocycles. The molecular formula is C18H25NO2. The normalized spacial score (nSPS) is 14.5. The van der Waals surface area contributed by atoms with Gasteiger partial charge < -0.3 is 9.84 Å². The van der Waals surface area contributed by atoms with E-state index in [4.69, 9.17) is 4.74 Å². The van der Waals surface area contributed by atoms with E-state index < -0.39 is 6.10 Å². The summed E-state index contributed by atoms with van der Waals surface area (Å²) in [5.74, 6) is 0. The molecule has 0 saturated heterocycles. The van der Waals surface area contributed by atoms with Gasteiger partial charge in [-0.3, -0.25) is 4.90 Å². The van der Waals surface area contributed by atoms with E-state index in [1.165, 1.54) is 5.39 Å². The lowest BCUT2D eigenvalue weighted by molar-refractivity contribution is 0.0587. The molecule has 0 heterocycles. The zero-order valence-electron chi connectivity index (χ0n) is 13.1. The Kier molecular flexibility index (Phi) is 5.74. The first-order valence-electron chi connectivity index (χ1n) is 7.56. The summed E-state index contributed by atoms with van der Waals surface area (Å²) in [7, 11) is 1.71. The van der Waals surface area contributed by atoms with Crippen LogP contribution in [0.5, 0.6) is 0 Å². The number of aliphatic hydroxyl groups excluding tert-OH is 1. The molecule has 0 aliphatic carbocycles. The van der Waals surface area contributed by atoms with Crippen LogP contribution in [0.3, 0.4) is 0 Å². The minimum Gasteiger partial charge on any atom is -0.387 e. The lowest BCUT2D eigenvalue weighted by Crippen LogP contribution is -2.39. The third-order valence-electron chi connectivity index (χ3n) is 4.03. The van der Waals surface area contributed by atoms with E-state index in [-0.39, 0.29) is 0 Å². The molecular weight excluding hydrogens is 262 g/mol. The lowest BCUT2D eigenvalue weighted by Gasteiger charge is -2.29. The molecule has 0 spiro atoms. The summed E-state index contributed by atoms with van der Waals surface area (Å²) in [5, 5.41) is 13.0. The zero-order valence-corrected chi connectivity index (χ0v) is 13.1. The van der Waals surface area contributed by atoms with E-state index in [0.717, 1.165) is 17.5 Å². The predicted molar refractivity (Wildman–Crippen MR) is 87.5 cm³/mol. The number of rotatable bonds is 7. The summed E-state index contributed by atoms with van der Waals surface area (Å²) >= 11 is 0. The van der Waals surface area contributed by atoms with E-state index in [0.29, 0.717) is 19.2 Å². The van der Waals surface area contributed by atoms with Gasteiger partial charge in [-0.05, 0) is 29.8 Å². The van der Waals surface area contributed by atoms with Crippen LogP contribution < -0.4 is 0 Å². The Morgan fingerprint density at radius 1 is 1.14 bits per heavy atom. The highest BCUT2D eigenvalue weighted by Crippen LogP contribution is 2.25. The zero-order chi connectivity index (χ0) is 15.2. The maximum absolute atomic E-state index is 10.7. The second kappa shape index (κ2) is 7.55. The molecule has 0 fully saturated rings. The van der Waals surface area contributed by atoms with Crippen LogP contribution in [0, 0.1) is 0 Å². The van der Waals surface area contributed by atoms with Crippen LogP contribution in [0.1, 0.15) is 25.5 Å². The summed E-state index contributed by atoms with van der Waals surface area (Å²) in [6, 6.07) is 14.6. The van der Waals surface area contributed by atoms with Crippen LogP contribution in [0.15, 0.2) is 42.5 Å². The van der Waals surface area contributed by atoms with Crippen LogP contribution in [0.4, 0.5) is 0 Å². The fraction of sp³-hybridized carbons (Fsp3) is 0.444.